The Morgan fingerprint density at radius 3 is 2.67 bits per heavy atom. The Morgan fingerprint density at radius 1 is 1.21 bits per heavy atom. The molecule has 0 spiro atoms. The van der Waals surface area contributed by atoms with Crippen LogP contribution in [0.25, 0.3) is 0 Å². The molecule has 1 heterocycles. The van der Waals surface area contributed by atoms with Crippen LogP contribution in [0.4, 0.5) is 4.79 Å². The summed E-state index contributed by atoms with van der Waals surface area (Å²) in [5.41, 5.74) is 2.46. The number of carbonyl (C=O) groups is 2. The second-order valence-electron chi connectivity index (χ2n) is 5.44. The van der Waals surface area contributed by atoms with Gasteiger partial charge in [0.1, 0.15) is 5.84 Å². The van der Waals surface area contributed by atoms with Crippen LogP contribution < -0.4 is 10.8 Å². The van der Waals surface area contributed by atoms with Crippen LogP contribution in [0, 0.1) is 0 Å². The molecule has 0 radical (unpaired) electrons. The van der Waals surface area contributed by atoms with Crippen LogP contribution in [0.1, 0.15) is 31.2 Å². The summed E-state index contributed by atoms with van der Waals surface area (Å²) in [5, 5.41) is 11.9. The van der Waals surface area contributed by atoms with Crippen LogP contribution >= 0.6 is 11.6 Å². The third kappa shape index (κ3) is 5.21. The fourth-order valence-corrected chi connectivity index (χ4v) is 2.55. The number of amides is 3. The molecule has 2 rings (SSSR count). The Kier molecular flexibility index (Phi) is 7.02. The smallest absolute Gasteiger partial charge is 0.323 e. The molecule has 24 heavy (non-hydrogen) atoms. The minimum Gasteiger partial charge on any atom is -0.338 e. The van der Waals surface area contributed by atoms with Gasteiger partial charge in [-0.25, -0.2) is 10.3 Å². The molecule has 0 aromatic heterocycles. The standard InChI is InChI=1S/C16H21ClN4O3/c17-13-7-5-12(6-8-13)15-18-10-11-21(15)16(23)19-9-3-1-2-4-14(22)20-24/h5-8,24H,1-4,9-11H2,(H,19,23)(H,20,22). The van der Waals surface area contributed by atoms with E-state index in [0.717, 1.165) is 18.4 Å². The summed E-state index contributed by atoms with van der Waals surface area (Å²) < 4.78 is 0. The van der Waals surface area contributed by atoms with Crippen molar-refractivity contribution in [1.29, 1.82) is 0 Å². The number of carbonyl (C=O) groups excluding carboxylic acids is 2. The molecule has 8 heteroatoms. The highest BCUT2D eigenvalue weighted by Gasteiger charge is 2.24. The average Bonchev–Trinajstić information content (AvgIpc) is 3.08. The van der Waals surface area contributed by atoms with Gasteiger partial charge in [-0.1, -0.05) is 18.0 Å². The predicted molar refractivity (Wildman–Crippen MR) is 91.4 cm³/mol. The van der Waals surface area contributed by atoms with E-state index in [1.54, 1.807) is 22.5 Å². The third-order valence-electron chi connectivity index (χ3n) is 3.67. The molecular formula is C16H21ClN4O3. The van der Waals surface area contributed by atoms with Crippen molar-refractivity contribution >= 4 is 29.4 Å². The lowest BCUT2D eigenvalue weighted by Crippen LogP contribution is -2.42. The number of aliphatic imine (C=N–C) groups is 1. The predicted octanol–water partition coefficient (Wildman–Crippen LogP) is 2.18. The molecule has 130 valence electrons. The lowest BCUT2D eigenvalue weighted by Gasteiger charge is -2.19. The number of hydroxylamine groups is 1. The SMILES string of the molecule is O=C(CCCCCNC(=O)N1CCN=C1c1ccc(Cl)cc1)NO. The number of halogens is 1. The first-order chi connectivity index (χ1) is 11.6. The molecular weight excluding hydrogens is 332 g/mol. The maximum atomic E-state index is 12.3. The van der Waals surface area contributed by atoms with Gasteiger partial charge in [-0.3, -0.25) is 19.9 Å². The molecule has 0 saturated heterocycles. The van der Waals surface area contributed by atoms with Crippen LogP contribution in [0.3, 0.4) is 0 Å². The van der Waals surface area contributed by atoms with Crippen molar-refractivity contribution in [1.82, 2.24) is 15.7 Å². The first kappa shape index (κ1) is 18.2. The summed E-state index contributed by atoms with van der Waals surface area (Å²) >= 11 is 5.88. The molecule has 3 N–H and O–H groups in total. The molecule has 0 aliphatic carbocycles. The van der Waals surface area contributed by atoms with Gasteiger partial charge >= 0.3 is 6.03 Å². The molecule has 0 atom stereocenters. The van der Waals surface area contributed by atoms with Gasteiger partial charge in [0.25, 0.3) is 0 Å². The van der Waals surface area contributed by atoms with Gasteiger partial charge in [0.15, 0.2) is 0 Å². The Balaban J connectivity index is 1.75. The number of rotatable bonds is 7. The summed E-state index contributed by atoms with van der Waals surface area (Å²) in [6.07, 6.45) is 2.52. The molecule has 0 unspecified atom stereocenters. The van der Waals surface area contributed by atoms with Crippen LogP contribution in [0.2, 0.25) is 5.02 Å². The van der Waals surface area contributed by atoms with Crippen molar-refractivity contribution in [3.05, 3.63) is 34.9 Å². The summed E-state index contributed by atoms with van der Waals surface area (Å²) in [7, 11) is 0. The van der Waals surface area contributed by atoms with Gasteiger partial charge in [0.05, 0.1) is 6.54 Å². The van der Waals surface area contributed by atoms with E-state index >= 15 is 0 Å². The number of unbranched alkanes of at least 4 members (excludes halogenated alkanes) is 2. The Morgan fingerprint density at radius 2 is 1.96 bits per heavy atom. The Labute approximate surface area is 145 Å². The van der Waals surface area contributed by atoms with Crippen LogP contribution in [-0.2, 0) is 4.79 Å². The van der Waals surface area contributed by atoms with Crippen LogP contribution in [0.5, 0.6) is 0 Å². The van der Waals surface area contributed by atoms with Gasteiger partial charge in [-0.2, -0.15) is 0 Å². The molecule has 1 aromatic carbocycles. The number of hydrogen-bond donors (Lipinski definition) is 3. The number of benzene rings is 1. The molecule has 1 aliphatic heterocycles. The average molecular weight is 353 g/mol. The lowest BCUT2D eigenvalue weighted by atomic mass is 10.2. The zero-order valence-electron chi connectivity index (χ0n) is 13.3. The Bertz CT molecular complexity index is 604. The van der Waals surface area contributed by atoms with Gasteiger partial charge in [0, 0.05) is 30.1 Å². The summed E-state index contributed by atoms with van der Waals surface area (Å²) in [6, 6.07) is 7.07. The second kappa shape index (κ2) is 9.24. The van der Waals surface area contributed by atoms with Crippen LogP contribution in [0.15, 0.2) is 29.3 Å². The highest BCUT2D eigenvalue weighted by Crippen LogP contribution is 2.15. The fourth-order valence-electron chi connectivity index (χ4n) is 2.42. The van der Waals surface area contributed by atoms with Crippen molar-refractivity contribution < 1.29 is 14.8 Å². The first-order valence-corrected chi connectivity index (χ1v) is 8.28. The number of hydrogen-bond acceptors (Lipinski definition) is 4. The minimum absolute atomic E-state index is 0.172. The first-order valence-electron chi connectivity index (χ1n) is 7.90. The maximum absolute atomic E-state index is 12.3. The van der Waals surface area contributed by atoms with Crippen molar-refractivity contribution in [3.63, 3.8) is 0 Å². The zero-order chi connectivity index (χ0) is 17.4. The van der Waals surface area contributed by atoms with E-state index in [1.807, 2.05) is 12.1 Å². The topological polar surface area (TPSA) is 94.0 Å². The van der Waals surface area contributed by atoms with E-state index in [-0.39, 0.29) is 18.4 Å². The molecule has 0 saturated carbocycles. The van der Waals surface area contributed by atoms with E-state index < -0.39 is 0 Å². The fraction of sp³-hybridized carbons (Fsp3) is 0.438. The maximum Gasteiger partial charge on any atom is 0.323 e. The summed E-state index contributed by atoms with van der Waals surface area (Å²) in [5.74, 6) is 0.267. The Hall–Kier alpha value is -2.12. The number of nitrogens with one attached hydrogen (secondary N) is 2. The normalized spacial score (nSPS) is 13.6. The van der Waals surface area contributed by atoms with E-state index in [2.05, 4.69) is 10.3 Å². The monoisotopic (exact) mass is 352 g/mol. The number of amidine groups is 1. The zero-order valence-corrected chi connectivity index (χ0v) is 14.1. The van der Waals surface area contributed by atoms with E-state index in [1.165, 1.54) is 0 Å². The molecule has 3 amide bonds. The quantitative estimate of drug-likeness (QED) is 0.399. The van der Waals surface area contributed by atoms with Crippen molar-refractivity contribution in [2.45, 2.75) is 25.7 Å². The molecule has 1 aliphatic rings. The highest BCUT2D eigenvalue weighted by atomic mass is 35.5. The summed E-state index contributed by atoms with van der Waals surface area (Å²) in [6.45, 7) is 1.67. The van der Waals surface area contributed by atoms with E-state index in [4.69, 9.17) is 16.8 Å². The molecule has 0 fully saturated rings. The van der Waals surface area contributed by atoms with Gasteiger partial charge in [0.2, 0.25) is 5.91 Å². The minimum atomic E-state index is -0.389. The lowest BCUT2D eigenvalue weighted by molar-refractivity contribution is -0.129. The largest absolute Gasteiger partial charge is 0.338 e. The van der Waals surface area contributed by atoms with Crippen molar-refractivity contribution in [2.75, 3.05) is 19.6 Å². The van der Waals surface area contributed by atoms with Crippen LogP contribution in [-0.4, -0.2) is 47.5 Å². The molecule has 1 aromatic rings. The second-order valence-corrected chi connectivity index (χ2v) is 5.88. The number of nitrogens with zero attached hydrogens (tertiary/aromatic N) is 2. The van der Waals surface area contributed by atoms with Gasteiger partial charge in [-0.15, -0.1) is 0 Å². The summed E-state index contributed by atoms with van der Waals surface area (Å²) in [4.78, 5) is 29.2. The van der Waals surface area contributed by atoms with Crippen molar-refractivity contribution in [3.8, 4) is 0 Å². The van der Waals surface area contributed by atoms with Gasteiger partial charge in [-0.05, 0) is 37.1 Å². The van der Waals surface area contributed by atoms with Gasteiger partial charge < -0.3 is 5.32 Å². The highest BCUT2D eigenvalue weighted by molar-refractivity contribution is 6.30. The third-order valence-corrected chi connectivity index (χ3v) is 3.92. The molecule has 0 bridgehead atoms. The van der Waals surface area contributed by atoms with E-state index in [9.17, 15) is 9.59 Å². The molecule has 7 nitrogen and oxygen atoms in total. The van der Waals surface area contributed by atoms with Crippen molar-refractivity contribution in [2.24, 2.45) is 4.99 Å². The number of urea groups is 1. The van der Waals surface area contributed by atoms with E-state index in [0.29, 0.717) is 36.9 Å².